The molecule has 0 fully saturated rings. The summed E-state index contributed by atoms with van der Waals surface area (Å²) in [5, 5.41) is 8.65. The topological polar surface area (TPSA) is 92.7 Å². The standard InChI is InChI=1S/C14H13N5O2/c1-19-8-16-11-6-9(2-4-12(11)19)7-15-14(21)10-3-5-13(20)18-17-10/h2-6,8H,7H2,1H3,(H,15,21)(H,18,20). The summed E-state index contributed by atoms with van der Waals surface area (Å²) in [6, 6.07) is 8.47. The Morgan fingerprint density at radius 1 is 1.33 bits per heavy atom. The Kier molecular flexibility index (Phi) is 3.23. The predicted molar refractivity (Wildman–Crippen MR) is 76.7 cm³/mol. The molecule has 0 bridgehead atoms. The first kappa shape index (κ1) is 13.0. The SMILES string of the molecule is Cn1cnc2cc(CNC(=O)c3ccc(=O)[nH]n3)ccc21. The van der Waals surface area contributed by atoms with Crippen molar-refractivity contribution in [2.45, 2.75) is 6.54 Å². The average Bonchev–Trinajstić information content (AvgIpc) is 2.86. The van der Waals surface area contributed by atoms with E-state index in [1.807, 2.05) is 29.8 Å². The van der Waals surface area contributed by atoms with Crippen LogP contribution in [-0.4, -0.2) is 25.7 Å². The van der Waals surface area contributed by atoms with Gasteiger partial charge >= 0.3 is 0 Å². The molecule has 106 valence electrons. The monoisotopic (exact) mass is 283 g/mol. The minimum Gasteiger partial charge on any atom is -0.347 e. The Balaban J connectivity index is 1.72. The van der Waals surface area contributed by atoms with Gasteiger partial charge in [-0.3, -0.25) is 9.59 Å². The van der Waals surface area contributed by atoms with Gasteiger partial charge < -0.3 is 9.88 Å². The van der Waals surface area contributed by atoms with Crippen LogP contribution in [0.3, 0.4) is 0 Å². The maximum atomic E-state index is 11.9. The van der Waals surface area contributed by atoms with Crippen LogP contribution in [0.25, 0.3) is 11.0 Å². The second-order valence-corrected chi connectivity index (χ2v) is 4.67. The van der Waals surface area contributed by atoms with E-state index in [4.69, 9.17) is 0 Å². The number of nitrogens with one attached hydrogen (secondary N) is 2. The third kappa shape index (κ3) is 2.66. The molecule has 0 saturated carbocycles. The van der Waals surface area contributed by atoms with Gasteiger partial charge in [0.1, 0.15) is 5.69 Å². The molecule has 0 aliphatic carbocycles. The number of fused-ring (bicyclic) bond motifs is 1. The summed E-state index contributed by atoms with van der Waals surface area (Å²) < 4.78 is 1.93. The molecule has 2 heterocycles. The number of H-pyrrole nitrogens is 1. The van der Waals surface area contributed by atoms with Gasteiger partial charge in [0.15, 0.2) is 0 Å². The third-order valence-corrected chi connectivity index (χ3v) is 3.15. The molecule has 1 aromatic carbocycles. The highest BCUT2D eigenvalue weighted by Gasteiger charge is 2.07. The first-order valence-corrected chi connectivity index (χ1v) is 6.37. The van der Waals surface area contributed by atoms with Crippen LogP contribution in [0.15, 0.2) is 41.5 Å². The van der Waals surface area contributed by atoms with E-state index in [1.54, 1.807) is 6.33 Å². The molecule has 0 atom stereocenters. The van der Waals surface area contributed by atoms with Crippen LogP contribution in [0.5, 0.6) is 0 Å². The molecule has 7 nitrogen and oxygen atoms in total. The van der Waals surface area contributed by atoms with E-state index in [1.165, 1.54) is 12.1 Å². The Morgan fingerprint density at radius 3 is 2.95 bits per heavy atom. The van der Waals surface area contributed by atoms with Gasteiger partial charge in [0, 0.05) is 19.7 Å². The van der Waals surface area contributed by atoms with E-state index in [0.29, 0.717) is 6.54 Å². The highest BCUT2D eigenvalue weighted by molar-refractivity contribution is 5.92. The maximum Gasteiger partial charge on any atom is 0.271 e. The van der Waals surface area contributed by atoms with E-state index in [0.717, 1.165) is 16.6 Å². The number of benzene rings is 1. The smallest absolute Gasteiger partial charge is 0.271 e. The summed E-state index contributed by atoms with van der Waals surface area (Å²) in [5.74, 6) is -0.340. The van der Waals surface area contributed by atoms with Gasteiger partial charge in [0.05, 0.1) is 17.4 Å². The number of aryl methyl sites for hydroxylation is 1. The first-order valence-electron chi connectivity index (χ1n) is 6.37. The Hall–Kier alpha value is -2.96. The number of carbonyl (C=O) groups excluding carboxylic acids is 1. The third-order valence-electron chi connectivity index (χ3n) is 3.15. The molecule has 0 spiro atoms. The van der Waals surface area contributed by atoms with E-state index in [9.17, 15) is 9.59 Å². The molecule has 2 N–H and O–H groups in total. The molecule has 0 unspecified atom stereocenters. The van der Waals surface area contributed by atoms with Crippen LogP contribution >= 0.6 is 0 Å². The Labute approximate surface area is 119 Å². The van der Waals surface area contributed by atoms with E-state index < -0.39 is 0 Å². The maximum absolute atomic E-state index is 11.9. The molecular formula is C14H13N5O2. The summed E-state index contributed by atoms with van der Waals surface area (Å²) in [5.41, 5.74) is 2.69. The lowest BCUT2D eigenvalue weighted by Gasteiger charge is -2.05. The Bertz CT molecular complexity index is 845. The van der Waals surface area contributed by atoms with Crippen molar-refractivity contribution in [2.75, 3.05) is 0 Å². The minimum atomic E-state index is -0.341. The lowest BCUT2D eigenvalue weighted by Crippen LogP contribution is -2.25. The van der Waals surface area contributed by atoms with Crippen molar-refractivity contribution in [1.82, 2.24) is 25.1 Å². The van der Waals surface area contributed by atoms with Crippen molar-refractivity contribution in [1.29, 1.82) is 0 Å². The number of amides is 1. The van der Waals surface area contributed by atoms with Crippen molar-refractivity contribution in [3.63, 3.8) is 0 Å². The van der Waals surface area contributed by atoms with Crippen molar-refractivity contribution in [2.24, 2.45) is 7.05 Å². The lowest BCUT2D eigenvalue weighted by atomic mass is 10.2. The van der Waals surface area contributed by atoms with Crippen LogP contribution in [0, 0.1) is 0 Å². The van der Waals surface area contributed by atoms with Gasteiger partial charge in [0.2, 0.25) is 0 Å². The molecule has 1 amide bonds. The molecule has 0 aliphatic rings. The van der Waals surface area contributed by atoms with Gasteiger partial charge in [-0.05, 0) is 23.8 Å². The summed E-state index contributed by atoms with van der Waals surface area (Å²) in [4.78, 5) is 27.0. The van der Waals surface area contributed by atoms with E-state index in [-0.39, 0.29) is 17.2 Å². The van der Waals surface area contributed by atoms with Gasteiger partial charge in [-0.1, -0.05) is 6.07 Å². The molecule has 21 heavy (non-hydrogen) atoms. The summed E-state index contributed by atoms with van der Waals surface area (Å²) in [6.45, 7) is 0.367. The fourth-order valence-electron chi connectivity index (χ4n) is 2.04. The van der Waals surface area contributed by atoms with Crippen molar-refractivity contribution in [3.05, 3.63) is 58.3 Å². The molecule has 0 aliphatic heterocycles. The van der Waals surface area contributed by atoms with Crippen molar-refractivity contribution >= 4 is 16.9 Å². The zero-order valence-electron chi connectivity index (χ0n) is 11.3. The summed E-state index contributed by atoms with van der Waals surface area (Å²) >= 11 is 0. The van der Waals surface area contributed by atoms with Crippen LogP contribution < -0.4 is 10.9 Å². The predicted octanol–water partition coefficient (Wildman–Crippen LogP) is 0.587. The summed E-state index contributed by atoms with van der Waals surface area (Å²) in [7, 11) is 1.93. The zero-order chi connectivity index (χ0) is 14.8. The highest BCUT2D eigenvalue weighted by atomic mass is 16.2. The van der Waals surface area contributed by atoms with Gasteiger partial charge in [-0.25, -0.2) is 10.1 Å². The van der Waals surface area contributed by atoms with Crippen LogP contribution in [0.1, 0.15) is 16.1 Å². The molecular weight excluding hydrogens is 270 g/mol. The van der Waals surface area contributed by atoms with Crippen LogP contribution in [-0.2, 0) is 13.6 Å². The molecule has 0 radical (unpaired) electrons. The molecule has 2 aromatic heterocycles. The number of carbonyl (C=O) groups is 1. The number of aromatic nitrogens is 4. The first-order chi connectivity index (χ1) is 10.1. The van der Waals surface area contributed by atoms with Gasteiger partial charge in [-0.15, -0.1) is 0 Å². The normalized spacial score (nSPS) is 10.7. The van der Waals surface area contributed by atoms with E-state index >= 15 is 0 Å². The van der Waals surface area contributed by atoms with Crippen LogP contribution in [0.4, 0.5) is 0 Å². The molecule has 0 saturated heterocycles. The number of nitrogens with zero attached hydrogens (tertiary/aromatic N) is 3. The number of hydrogen-bond donors (Lipinski definition) is 2. The van der Waals surface area contributed by atoms with Crippen LogP contribution in [0.2, 0.25) is 0 Å². The molecule has 7 heteroatoms. The largest absolute Gasteiger partial charge is 0.347 e. The second kappa shape index (κ2) is 5.20. The second-order valence-electron chi connectivity index (χ2n) is 4.67. The number of rotatable bonds is 3. The van der Waals surface area contributed by atoms with E-state index in [2.05, 4.69) is 20.5 Å². The summed E-state index contributed by atoms with van der Waals surface area (Å²) in [6.07, 6.45) is 1.75. The number of hydrogen-bond acceptors (Lipinski definition) is 4. The quantitative estimate of drug-likeness (QED) is 0.735. The number of imidazole rings is 1. The molecule has 3 aromatic rings. The zero-order valence-corrected chi connectivity index (χ0v) is 11.3. The minimum absolute atomic E-state index is 0.175. The van der Waals surface area contributed by atoms with Gasteiger partial charge in [-0.2, -0.15) is 5.10 Å². The number of aromatic amines is 1. The highest BCUT2D eigenvalue weighted by Crippen LogP contribution is 2.13. The Morgan fingerprint density at radius 2 is 2.19 bits per heavy atom. The fraction of sp³-hybridized carbons (Fsp3) is 0.143. The lowest BCUT2D eigenvalue weighted by molar-refractivity contribution is 0.0945. The van der Waals surface area contributed by atoms with Crippen molar-refractivity contribution in [3.8, 4) is 0 Å². The van der Waals surface area contributed by atoms with Gasteiger partial charge in [0.25, 0.3) is 11.5 Å². The fourth-order valence-corrected chi connectivity index (χ4v) is 2.04. The van der Waals surface area contributed by atoms with Crippen molar-refractivity contribution < 1.29 is 4.79 Å². The average molecular weight is 283 g/mol. The molecule has 3 rings (SSSR count).